The van der Waals surface area contributed by atoms with Crippen molar-refractivity contribution < 1.29 is 14.3 Å². The van der Waals surface area contributed by atoms with Crippen molar-refractivity contribution in [2.45, 2.75) is 59.7 Å². The summed E-state index contributed by atoms with van der Waals surface area (Å²) in [6, 6.07) is 0. The van der Waals surface area contributed by atoms with Gasteiger partial charge in [-0.15, -0.1) is 5.10 Å². The number of carbonyl (C=O) groups excluding carboxylic acids is 1. The molecule has 0 aliphatic carbocycles. The molecular formula is C17H25N5O3. The molecule has 8 nitrogen and oxygen atoms in total. The van der Waals surface area contributed by atoms with E-state index in [9.17, 15) is 4.79 Å². The quantitative estimate of drug-likeness (QED) is 0.830. The second-order valence-corrected chi connectivity index (χ2v) is 7.44. The van der Waals surface area contributed by atoms with Gasteiger partial charge in [-0.05, 0) is 41.5 Å². The molecule has 2 aromatic rings. The number of aromatic nitrogens is 4. The van der Waals surface area contributed by atoms with Gasteiger partial charge in [0.05, 0.1) is 17.9 Å². The van der Waals surface area contributed by atoms with E-state index < -0.39 is 5.60 Å². The Labute approximate surface area is 147 Å². The molecule has 1 aliphatic heterocycles. The summed E-state index contributed by atoms with van der Waals surface area (Å²) in [4.78, 5) is 22.6. The van der Waals surface area contributed by atoms with Gasteiger partial charge in [0.1, 0.15) is 17.5 Å². The number of fused-ring (bicyclic) bond motifs is 1. The van der Waals surface area contributed by atoms with Gasteiger partial charge in [0.15, 0.2) is 5.75 Å². The van der Waals surface area contributed by atoms with E-state index in [1.165, 1.54) is 0 Å². The van der Waals surface area contributed by atoms with Crippen molar-refractivity contribution in [2.24, 2.45) is 0 Å². The lowest BCUT2D eigenvalue weighted by molar-refractivity contribution is 0.0275. The van der Waals surface area contributed by atoms with Gasteiger partial charge in [-0.3, -0.25) is 0 Å². The second-order valence-electron chi connectivity index (χ2n) is 7.44. The van der Waals surface area contributed by atoms with Crippen molar-refractivity contribution in [3.63, 3.8) is 0 Å². The Morgan fingerprint density at radius 3 is 2.60 bits per heavy atom. The third kappa shape index (κ3) is 3.67. The van der Waals surface area contributed by atoms with Crippen molar-refractivity contribution >= 4 is 11.9 Å². The lowest BCUT2D eigenvalue weighted by Gasteiger charge is -2.24. The van der Waals surface area contributed by atoms with Crippen LogP contribution >= 0.6 is 0 Å². The standard InChI is InChI=1S/C17H25N5O3/c1-10-14(11(2)22-15(18-10)19-12(3)20-22)24-13-7-8-21(9-13)16(23)25-17(4,5)6/h13H,7-9H2,1-6H3/t13-/m1/s1. The monoisotopic (exact) mass is 347 g/mol. The fourth-order valence-corrected chi connectivity index (χ4v) is 2.91. The van der Waals surface area contributed by atoms with Crippen molar-refractivity contribution in [3.8, 4) is 5.75 Å². The lowest BCUT2D eigenvalue weighted by atomic mass is 10.2. The highest BCUT2D eigenvalue weighted by Gasteiger charge is 2.31. The van der Waals surface area contributed by atoms with Gasteiger partial charge in [-0.25, -0.2) is 9.78 Å². The highest BCUT2D eigenvalue weighted by molar-refractivity contribution is 5.68. The van der Waals surface area contributed by atoms with Crippen molar-refractivity contribution in [1.29, 1.82) is 0 Å². The molecular weight excluding hydrogens is 322 g/mol. The van der Waals surface area contributed by atoms with E-state index >= 15 is 0 Å². The van der Waals surface area contributed by atoms with Crippen LogP contribution < -0.4 is 4.74 Å². The van der Waals surface area contributed by atoms with E-state index in [1.807, 2.05) is 41.5 Å². The summed E-state index contributed by atoms with van der Waals surface area (Å²) in [6.45, 7) is 12.4. The zero-order chi connectivity index (χ0) is 18.4. The van der Waals surface area contributed by atoms with Gasteiger partial charge in [0.25, 0.3) is 5.78 Å². The fraction of sp³-hybridized carbons (Fsp3) is 0.647. The molecule has 1 aliphatic rings. The van der Waals surface area contributed by atoms with Gasteiger partial charge >= 0.3 is 6.09 Å². The summed E-state index contributed by atoms with van der Waals surface area (Å²) in [6.07, 6.45) is 0.369. The smallest absolute Gasteiger partial charge is 0.410 e. The van der Waals surface area contributed by atoms with Gasteiger partial charge < -0.3 is 14.4 Å². The number of likely N-dealkylation sites (tertiary alicyclic amines) is 1. The highest BCUT2D eigenvalue weighted by Crippen LogP contribution is 2.26. The summed E-state index contributed by atoms with van der Waals surface area (Å²) in [5, 5.41) is 4.35. The molecule has 136 valence electrons. The Hall–Kier alpha value is -2.38. The van der Waals surface area contributed by atoms with Crippen LogP contribution in [0, 0.1) is 20.8 Å². The molecule has 1 fully saturated rings. The van der Waals surface area contributed by atoms with E-state index in [-0.39, 0.29) is 12.2 Å². The van der Waals surface area contributed by atoms with Crippen LogP contribution in [0.4, 0.5) is 4.79 Å². The molecule has 2 aromatic heterocycles. The van der Waals surface area contributed by atoms with E-state index in [4.69, 9.17) is 9.47 Å². The molecule has 1 amide bonds. The number of hydrogen-bond acceptors (Lipinski definition) is 6. The average Bonchev–Trinajstić information content (AvgIpc) is 3.08. The number of carbonyl (C=O) groups is 1. The first-order chi connectivity index (χ1) is 11.6. The Morgan fingerprint density at radius 2 is 1.92 bits per heavy atom. The van der Waals surface area contributed by atoms with Crippen LogP contribution in [-0.4, -0.2) is 55.4 Å². The number of amides is 1. The first-order valence-electron chi connectivity index (χ1n) is 8.49. The van der Waals surface area contributed by atoms with E-state index in [1.54, 1.807) is 9.42 Å². The molecule has 3 rings (SSSR count). The molecule has 0 spiro atoms. The fourth-order valence-electron chi connectivity index (χ4n) is 2.91. The van der Waals surface area contributed by atoms with Gasteiger partial charge in [-0.2, -0.15) is 9.50 Å². The van der Waals surface area contributed by atoms with E-state index in [0.29, 0.717) is 30.4 Å². The molecule has 1 atom stereocenters. The van der Waals surface area contributed by atoms with Crippen molar-refractivity contribution in [3.05, 3.63) is 17.2 Å². The number of ether oxygens (including phenoxy) is 2. The van der Waals surface area contributed by atoms with Crippen LogP contribution in [0.5, 0.6) is 5.75 Å². The maximum absolute atomic E-state index is 12.2. The Balaban J connectivity index is 1.73. The van der Waals surface area contributed by atoms with Gasteiger partial charge in [0, 0.05) is 13.0 Å². The predicted octanol–water partition coefficient (Wildman–Crippen LogP) is 2.44. The molecule has 0 aromatic carbocycles. The maximum Gasteiger partial charge on any atom is 0.410 e. The second kappa shape index (κ2) is 6.16. The minimum atomic E-state index is -0.497. The minimum absolute atomic E-state index is 0.0891. The topological polar surface area (TPSA) is 81.9 Å². The third-order valence-corrected chi connectivity index (χ3v) is 4.02. The molecule has 8 heteroatoms. The molecule has 0 radical (unpaired) electrons. The SMILES string of the molecule is Cc1nc2nc(C)c(O[C@@H]3CCN(C(=O)OC(C)(C)C)C3)c(C)n2n1. The van der Waals surface area contributed by atoms with Gasteiger partial charge in [-0.1, -0.05) is 0 Å². The summed E-state index contributed by atoms with van der Waals surface area (Å²) < 4.78 is 13.3. The minimum Gasteiger partial charge on any atom is -0.485 e. The summed E-state index contributed by atoms with van der Waals surface area (Å²) >= 11 is 0. The number of hydrogen-bond donors (Lipinski definition) is 0. The first-order valence-corrected chi connectivity index (χ1v) is 8.49. The highest BCUT2D eigenvalue weighted by atomic mass is 16.6. The van der Waals surface area contributed by atoms with Crippen molar-refractivity contribution in [1.82, 2.24) is 24.5 Å². The predicted molar refractivity (Wildman–Crippen MR) is 91.8 cm³/mol. The Bertz CT molecular complexity index is 809. The Morgan fingerprint density at radius 1 is 1.20 bits per heavy atom. The zero-order valence-corrected chi connectivity index (χ0v) is 15.7. The molecule has 3 heterocycles. The summed E-state index contributed by atoms with van der Waals surface area (Å²) in [5.74, 6) is 1.94. The number of aryl methyl sites for hydroxylation is 3. The summed E-state index contributed by atoms with van der Waals surface area (Å²) in [5.41, 5.74) is 1.13. The number of rotatable bonds is 2. The molecule has 1 saturated heterocycles. The van der Waals surface area contributed by atoms with Crippen LogP contribution in [0.2, 0.25) is 0 Å². The Kier molecular flexibility index (Phi) is 4.30. The summed E-state index contributed by atoms with van der Waals surface area (Å²) in [7, 11) is 0. The van der Waals surface area contributed by atoms with Crippen LogP contribution in [0.3, 0.4) is 0 Å². The largest absolute Gasteiger partial charge is 0.485 e. The number of nitrogens with zero attached hydrogens (tertiary/aromatic N) is 5. The van der Waals surface area contributed by atoms with Crippen LogP contribution in [0.15, 0.2) is 0 Å². The maximum atomic E-state index is 12.2. The zero-order valence-electron chi connectivity index (χ0n) is 15.7. The third-order valence-electron chi connectivity index (χ3n) is 4.02. The van der Waals surface area contributed by atoms with Gasteiger partial charge in [0.2, 0.25) is 0 Å². The van der Waals surface area contributed by atoms with Crippen LogP contribution in [-0.2, 0) is 4.74 Å². The molecule has 0 saturated carbocycles. The lowest BCUT2D eigenvalue weighted by Crippen LogP contribution is -2.36. The van der Waals surface area contributed by atoms with Crippen LogP contribution in [0.25, 0.3) is 5.78 Å². The normalized spacial score (nSPS) is 18.0. The van der Waals surface area contributed by atoms with Crippen LogP contribution in [0.1, 0.15) is 44.4 Å². The first kappa shape index (κ1) is 17.4. The van der Waals surface area contributed by atoms with E-state index in [0.717, 1.165) is 17.8 Å². The van der Waals surface area contributed by atoms with E-state index in [2.05, 4.69) is 15.1 Å². The molecule has 0 N–H and O–H groups in total. The molecule has 25 heavy (non-hydrogen) atoms. The molecule has 0 unspecified atom stereocenters. The average molecular weight is 347 g/mol. The molecule has 0 bridgehead atoms. The van der Waals surface area contributed by atoms with Crippen molar-refractivity contribution in [2.75, 3.05) is 13.1 Å².